The molecule has 1 aromatic carbocycles. The van der Waals surface area contributed by atoms with Gasteiger partial charge >= 0.3 is 0 Å². The first-order chi connectivity index (χ1) is 10.5. The van der Waals surface area contributed by atoms with E-state index in [2.05, 4.69) is 4.90 Å². The molecule has 1 aromatic heterocycles. The highest BCUT2D eigenvalue weighted by Gasteiger charge is 2.29. The maximum absolute atomic E-state index is 12.6. The van der Waals surface area contributed by atoms with Crippen LogP contribution in [0.5, 0.6) is 0 Å². The smallest absolute Gasteiger partial charge is 0.252 e. The van der Waals surface area contributed by atoms with Gasteiger partial charge in [0.05, 0.1) is 0 Å². The van der Waals surface area contributed by atoms with Crippen LogP contribution in [0.4, 0.5) is 5.69 Å². The van der Waals surface area contributed by atoms with Crippen LogP contribution in [-0.2, 0) is 10.0 Å². The molecule has 7 heteroatoms. The summed E-state index contributed by atoms with van der Waals surface area (Å²) in [5.41, 5.74) is 1.08. The largest absolute Gasteiger partial charge is 0.369 e. The van der Waals surface area contributed by atoms with Gasteiger partial charge in [-0.25, -0.2) is 8.42 Å². The molecule has 0 radical (unpaired) electrons. The zero-order valence-electron chi connectivity index (χ0n) is 12.2. The summed E-state index contributed by atoms with van der Waals surface area (Å²) in [6.07, 6.45) is 0. The van der Waals surface area contributed by atoms with E-state index in [1.165, 1.54) is 11.3 Å². The first kappa shape index (κ1) is 15.8. The molecule has 2 heterocycles. The normalized spacial score (nSPS) is 16.9. The summed E-state index contributed by atoms with van der Waals surface area (Å²) >= 11 is 7.23. The lowest BCUT2D eigenvalue weighted by Gasteiger charge is -2.35. The van der Waals surface area contributed by atoms with Gasteiger partial charge in [0.1, 0.15) is 4.21 Å². The Morgan fingerprint density at radius 3 is 2.18 bits per heavy atom. The lowest BCUT2D eigenvalue weighted by atomic mass is 10.2. The molecule has 4 nitrogen and oxygen atoms in total. The lowest BCUT2D eigenvalue weighted by Crippen LogP contribution is -2.48. The van der Waals surface area contributed by atoms with Gasteiger partial charge in [-0.05, 0) is 43.3 Å². The number of aryl methyl sites for hydroxylation is 1. The Hall–Kier alpha value is -1.08. The maximum Gasteiger partial charge on any atom is 0.252 e. The summed E-state index contributed by atoms with van der Waals surface area (Å²) in [5, 5.41) is 0.707. The molecule has 118 valence electrons. The van der Waals surface area contributed by atoms with Crippen molar-refractivity contribution in [3.05, 3.63) is 46.3 Å². The molecule has 0 atom stereocenters. The number of benzene rings is 1. The minimum Gasteiger partial charge on any atom is -0.369 e. The van der Waals surface area contributed by atoms with E-state index in [0.717, 1.165) is 10.6 Å². The van der Waals surface area contributed by atoms with Crippen LogP contribution in [-0.4, -0.2) is 38.9 Å². The molecule has 3 rings (SSSR count). The summed E-state index contributed by atoms with van der Waals surface area (Å²) in [4.78, 5) is 3.19. The molecular weight excluding hydrogens is 340 g/mol. The van der Waals surface area contributed by atoms with Gasteiger partial charge in [0.25, 0.3) is 10.0 Å². The summed E-state index contributed by atoms with van der Waals surface area (Å²) in [6.45, 7) is 4.29. The standard InChI is InChI=1S/C15H17ClN2O2S2/c1-12-2-7-15(21-12)22(19,20)18-10-8-17(9-11-18)14-5-3-13(16)4-6-14/h2-7H,8-11H2,1H3. The van der Waals surface area contributed by atoms with Gasteiger partial charge < -0.3 is 4.90 Å². The van der Waals surface area contributed by atoms with Gasteiger partial charge in [-0.15, -0.1) is 11.3 Å². The van der Waals surface area contributed by atoms with Crippen molar-refractivity contribution in [1.29, 1.82) is 0 Å². The fraction of sp³-hybridized carbons (Fsp3) is 0.333. The van der Waals surface area contributed by atoms with E-state index in [-0.39, 0.29) is 0 Å². The molecule has 0 aliphatic carbocycles. The van der Waals surface area contributed by atoms with Crippen LogP contribution in [0.3, 0.4) is 0 Å². The second-order valence-corrected chi connectivity index (χ2v) is 9.12. The number of hydrogen-bond donors (Lipinski definition) is 0. The second-order valence-electron chi connectivity index (χ2n) is 5.23. The predicted molar refractivity (Wildman–Crippen MR) is 91.5 cm³/mol. The Kier molecular flexibility index (Phi) is 4.45. The van der Waals surface area contributed by atoms with Crippen LogP contribution in [0.1, 0.15) is 4.88 Å². The summed E-state index contributed by atoms with van der Waals surface area (Å²) in [6, 6.07) is 11.2. The first-order valence-corrected chi connectivity index (χ1v) is 9.67. The summed E-state index contributed by atoms with van der Waals surface area (Å²) < 4.78 is 27.2. The molecule has 2 aromatic rings. The van der Waals surface area contributed by atoms with E-state index in [1.807, 2.05) is 37.3 Å². The van der Waals surface area contributed by atoms with Crippen LogP contribution in [0.25, 0.3) is 0 Å². The highest BCUT2D eigenvalue weighted by atomic mass is 35.5. The Morgan fingerprint density at radius 2 is 1.64 bits per heavy atom. The van der Waals surface area contributed by atoms with Crippen LogP contribution in [0.2, 0.25) is 5.02 Å². The molecule has 0 bridgehead atoms. The maximum atomic E-state index is 12.6. The fourth-order valence-electron chi connectivity index (χ4n) is 2.52. The number of anilines is 1. The van der Waals surface area contributed by atoms with Crippen molar-refractivity contribution in [2.45, 2.75) is 11.1 Å². The minimum atomic E-state index is -3.35. The number of piperazine rings is 1. The molecule has 0 saturated carbocycles. The number of thiophene rings is 1. The molecule has 0 N–H and O–H groups in total. The van der Waals surface area contributed by atoms with Gasteiger partial charge in [-0.1, -0.05) is 11.6 Å². The third kappa shape index (κ3) is 3.15. The Labute approximate surface area is 140 Å². The van der Waals surface area contributed by atoms with Crippen molar-refractivity contribution in [2.75, 3.05) is 31.1 Å². The molecule has 1 saturated heterocycles. The Bertz CT molecular complexity index is 748. The van der Waals surface area contributed by atoms with Gasteiger partial charge in [-0.2, -0.15) is 4.31 Å². The fourth-order valence-corrected chi connectivity index (χ4v) is 5.50. The summed E-state index contributed by atoms with van der Waals surface area (Å²) in [5.74, 6) is 0. The third-order valence-corrected chi connectivity index (χ3v) is 7.36. The Morgan fingerprint density at radius 1 is 1.00 bits per heavy atom. The number of halogens is 1. The molecule has 1 aliphatic rings. The van der Waals surface area contributed by atoms with Gasteiger partial charge in [-0.3, -0.25) is 0 Å². The zero-order chi connectivity index (χ0) is 15.7. The molecular formula is C15H17ClN2O2S2. The molecule has 1 aliphatic heterocycles. The van der Waals surface area contributed by atoms with E-state index in [1.54, 1.807) is 10.4 Å². The number of rotatable bonds is 3. The van der Waals surface area contributed by atoms with E-state index in [4.69, 9.17) is 11.6 Å². The number of hydrogen-bond acceptors (Lipinski definition) is 4. The molecule has 22 heavy (non-hydrogen) atoms. The third-order valence-electron chi connectivity index (χ3n) is 3.74. The summed E-state index contributed by atoms with van der Waals surface area (Å²) in [7, 11) is -3.35. The van der Waals surface area contributed by atoms with Crippen LogP contribution in [0.15, 0.2) is 40.6 Å². The average molecular weight is 357 g/mol. The van der Waals surface area contributed by atoms with Gasteiger partial charge in [0, 0.05) is 41.8 Å². The zero-order valence-corrected chi connectivity index (χ0v) is 14.6. The van der Waals surface area contributed by atoms with Crippen molar-refractivity contribution in [2.24, 2.45) is 0 Å². The van der Waals surface area contributed by atoms with Crippen LogP contribution < -0.4 is 4.90 Å². The molecule has 0 spiro atoms. The van der Waals surface area contributed by atoms with Crippen molar-refractivity contribution >= 4 is 38.6 Å². The van der Waals surface area contributed by atoms with E-state index in [9.17, 15) is 8.42 Å². The molecule has 0 unspecified atom stereocenters. The first-order valence-electron chi connectivity index (χ1n) is 7.04. The highest BCUT2D eigenvalue weighted by Crippen LogP contribution is 2.26. The van der Waals surface area contributed by atoms with Crippen molar-refractivity contribution in [3.8, 4) is 0 Å². The van der Waals surface area contributed by atoms with E-state index in [0.29, 0.717) is 35.4 Å². The molecule has 0 amide bonds. The van der Waals surface area contributed by atoms with Crippen molar-refractivity contribution in [3.63, 3.8) is 0 Å². The van der Waals surface area contributed by atoms with E-state index >= 15 is 0 Å². The van der Waals surface area contributed by atoms with Gasteiger partial charge in [0.2, 0.25) is 0 Å². The quantitative estimate of drug-likeness (QED) is 0.847. The van der Waals surface area contributed by atoms with Crippen molar-refractivity contribution < 1.29 is 8.42 Å². The predicted octanol–water partition coefficient (Wildman–Crippen LogP) is 3.22. The molecule has 1 fully saturated rings. The second kappa shape index (κ2) is 6.20. The topological polar surface area (TPSA) is 40.6 Å². The number of nitrogens with zero attached hydrogens (tertiary/aromatic N) is 2. The van der Waals surface area contributed by atoms with Crippen molar-refractivity contribution in [1.82, 2.24) is 4.31 Å². The SMILES string of the molecule is Cc1ccc(S(=O)(=O)N2CCN(c3ccc(Cl)cc3)CC2)s1. The van der Waals surface area contributed by atoms with Gasteiger partial charge in [0.15, 0.2) is 0 Å². The van der Waals surface area contributed by atoms with Crippen LogP contribution in [0, 0.1) is 6.92 Å². The van der Waals surface area contributed by atoms with E-state index < -0.39 is 10.0 Å². The van der Waals surface area contributed by atoms with Crippen LogP contribution >= 0.6 is 22.9 Å². The average Bonchev–Trinajstić information content (AvgIpc) is 2.96. The Balaban J connectivity index is 1.70. The lowest BCUT2D eigenvalue weighted by molar-refractivity contribution is 0.386. The monoisotopic (exact) mass is 356 g/mol. The highest BCUT2D eigenvalue weighted by molar-refractivity contribution is 7.91. The minimum absolute atomic E-state index is 0.435. The number of sulfonamides is 1.